The molecule has 0 aliphatic heterocycles. The lowest BCUT2D eigenvalue weighted by atomic mass is 10.2. The molecule has 6 rings (SSSR count). The van der Waals surface area contributed by atoms with Gasteiger partial charge >= 0.3 is 0 Å². The molecule has 43 heavy (non-hydrogen) atoms. The van der Waals surface area contributed by atoms with Crippen LogP contribution < -0.4 is 15.0 Å². The zero-order valence-corrected chi connectivity index (χ0v) is 24.7. The highest BCUT2D eigenvalue weighted by Crippen LogP contribution is 2.34. The van der Waals surface area contributed by atoms with Gasteiger partial charge < -0.3 is 13.9 Å². The van der Waals surface area contributed by atoms with E-state index in [1.54, 1.807) is 67.8 Å². The van der Waals surface area contributed by atoms with Gasteiger partial charge in [0.2, 0.25) is 5.82 Å². The van der Waals surface area contributed by atoms with Crippen molar-refractivity contribution < 1.29 is 18.8 Å². The Bertz CT molecular complexity index is 2110. The fourth-order valence-corrected chi connectivity index (χ4v) is 5.48. The van der Waals surface area contributed by atoms with E-state index in [4.69, 9.17) is 30.5 Å². The van der Waals surface area contributed by atoms with Gasteiger partial charge in [0.1, 0.15) is 23.7 Å². The molecular formula is C31H20BrClN4O6. The summed E-state index contributed by atoms with van der Waals surface area (Å²) in [6, 6.07) is 23.5. The first-order chi connectivity index (χ1) is 20.8. The van der Waals surface area contributed by atoms with E-state index in [2.05, 4.69) is 21.0 Å². The number of fused-ring (bicyclic) bond motifs is 2. The molecule has 0 fully saturated rings. The summed E-state index contributed by atoms with van der Waals surface area (Å²) in [6.45, 7) is 0.114. The molecule has 0 aliphatic carbocycles. The molecule has 6 aromatic rings. The number of ether oxygens (including phenoxy) is 2. The molecule has 0 aliphatic rings. The Hall–Kier alpha value is -5.00. The van der Waals surface area contributed by atoms with E-state index in [0.717, 1.165) is 5.39 Å². The molecule has 0 saturated carbocycles. The summed E-state index contributed by atoms with van der Waals surface area (Å²) >= 11 is 9.85. The van der Waals surface area contributed by atoms with E-state index < -0.39 is 10.5 Å². The van der Waals surface area contributed by atoms with Crippen LogP contribution >= 0.6 is 27.5 Å². The molecule has 4 aromatic carbocycles. The monoisotopic (exact) mass is 658 g/mol. The lowest BCUT2D eigenvalue weighted by Gasteiger charge is -2.12. The summed E-state index contributed by atoms with van der Waals surface area (Å²) in [5, 5.41) is 17.0. The van der Waals surface area contributed by atoms with Crippen molar-refractivity contribution in [2.45, 2.75) is 6.61 Å². The Morgan fingerprint density at radius 1 is 1.07 bits per heavy atom. The van der Waals surface area contributed by atoms with E-state index in [1.165, 1.54) is 23.0 Å². The minimum absolute atomic E-state index is 0.0163. The number of hydrogen-bond donors (Lipinski definition) is 0. The van der Waals surface area contributed by atoms with Crippen LogP contribution in [0.3, 0.4) is 0 Å². The third kappa shape index (κ3) is 5.60. The van der Waals surface area contributed by atoms with Gasteiger partial charge in [0.05, 0.1) is 39.0 Å². The van der Waals surface area contributed by atoms with E-state index in [1.807, 2.05) is 12.1 Å². The molecule has 0 saturated heterocycles. The molecule has 0 radical (unpaired) electrons. The number of rotatable bonds is 8. The standard InChI is InChI=1S/C31H20BrClN4O6/c1-41-26-7-4-8-27-23(26)15-28(43-27)30-35-25-6-3-2-5-22(25)31(38)36(30)34-16-19-13-20(33)14-24(32)29(19)42-17-18-9-11-21(12-10-18)37(39)40/h2-16H,17H2,1H3. The maximum absolute atomic E-state index is 13.7. The maximum Gasteiger partial charge on any atom is 0.282 e. The second kappa shape index (κ2) is 11.7. The van der Waals surface area contributed by atoms with Crippen molar-refractivity contribution >= 4 is 61.3 Å². The Kier molecular flexibility index (Phi) is 7.66. The van der Waals surface area contributed by atoms with Gasteiger partial charge in [-0.25, -0.2) is 4.98 Å². The molecule has 12 heteroatoms. The molecule has 2 heterocycles. The van der Waals surface area contributed by atoms with Crippen LogP contribution in [0.25, 0.3) is 33.5 Å². The van der Waals surface area contributed by atoms with Crippen LogP contribution in [0, 0.1) is 10.1 Å². The first kappa shape index (κ1) is 28.1. The molecule has 0 atom stereocenters. The maximum atomic E-state index is 13.7. The fraction of sp³-hybridized carbons (Fsp3) is 0.0645. The highest BCUT2D eigenvalue weighted by Gasteiger charge is 2.18. The second-order valence-corrected chi connectivity index (χ2v) is 10.6. The minimum atomic E-state index is -0.464. The van der Waals surface area contributed by atoms with Gasteiger partial charge in [0.15, 0.2) is 5.76 Å². The minimum Gasteiger partial charge on any atom is -0.496 e. The van der Waals surface area contributed by atoms with Crippen LogP contribution in [0.15, 0.2) is 104 Å². The smallest absolute Gasteiger partial charge is 0.282 e. The molecular weight excluding hydrogens is 640 g/mol. The van der Waals surface area contributed by atoms with Crippen LogP contribution in [-0.2, 0) is 6.61 Å². The van der Waals surface area contributed by atoms with E-state index in [0.29, 0.717) is 54.4 Å². The molecule has 0 amide bonds. The predicted molar refractivity (Wildman–Crippen MR) is 167 cm³/mol. The zero-order valence-electron chi connectivity index (χ0n) is 22.4. The Morgan fingerprint density at radius 3 is 2.63 bits per heavy atom. The van der Waals surface area contributed by atoms with Crippen molar-refractivity contribution in [2.75, 3.05) is 7.11 Å². The Balaban J connectivity index is 1.43. The van der Waals surface area contributed by atoms with Gasteiger partial charge in [-0.3, -0.25) is 14.9 Å². The summed E-state index contributed by atoms with van der Waals surface area (Å²) in [7, 11) is 1.57. The summed E-state index contributed by atoms with van der Waals surface area (Å²) in [6.07, 6.45) is 1.45. The van der Waals surface area contributed by atoms with E-state index in [9.17, 15) is 14.9 Å². The number of nitro groups is 1. The summed E-state index contributed by atoms with van der Waals surface area (Å²) < 4.78 is 19.4. The quantitative estimate of drug-likeness (QED) is 0.0937. The largest absolute Gasteiger partial charge is 0.496 e. The second-order valence-electron chi connectivity index (χ2n) is 9.32. The van der Waals surface area contributed by atoms with Gasteiger partial charge in [-0.1, -0.05) is 29.8 Å². The average Bonchev–Trinajstić information content (AvgIpc) is 3.45. The number of para-hydroxylation sites is 1. The van der Waals surface area contributed by atoms with Gasteiger partial charge in [-0.05, 0) is 76.1 Å². The number of halogens is 2. The number of furan rings is 1. The van der Waals surface area contributed by atoms with E-state index in [-0.39, 0.29) is 18.1 Å². The molecule has 214 valence electrons. The van der Waals surface area contributed by atoms with Gasteiger partial charge in [0.25, 0.3) is 11.2 Å². The highest BCUT2D eigenvalue weighted by atomic mass is 79.9. The summed E-state index contributed by atoms with van der Waals surface area (Å²) in [5.41, 5.74) is 1.81. The molecule has 0 N–H and O–H groups in total. The van der Waals surface area contributed by atoms with Gasteiger partial charge in [0, 0.05) is 22.7 Å². The summed E-state index contributed by atoms with van der Waals surface area (Å²) in [5.74, 6) is 1.53. The van der Waals surface area contributed by atoms with Crippen molar-refractivity contribution in [1.82, 2.24) is 9.66 Å². The molecule has 0 bridgehead atoms. The number of hydrogen-bond acceptors (Lipinski definition) is 8. The fourth-order valence-electron chi connectivity index (χ4n) is 4.53. The number of aromatic nitrogens is 2. The van der Waals surface area contributed by atoms with Crippen LogP contribution in [0.4, 0.5) is 5.69 Å². The van der Waals surface area contributed by atoms with Crippen molar-refractivity contribution in [2.24, 2.45) is 5.10 Å². The topological polar surface area (TPSA) is 122 Å². The van der Waals surface area contributed by atoms with Crippen LogP contribution in [0.1, 0.15) is 11.1 Å². The zero-order chi connectivity index (χ0) is 30.1. The first-order valence-electron chi connectivity index (χ1n) is 12.8. The summed E-state index contributed by atoms with van der Waals surface area (Å²) in [4.78, 5) is 29.0. The predicted octanol–water partition coefficient (Wildman–Crippen LogP) is 7.60. The van der Waals surface area contributed by atoms with Crippen LogP contribution in [0.5, 0.6) is 11.5 Å². The number of non-ortho nitro benzene ring substituents is 1. The van der Waals surface area contributed by atoms with Crippen molar-refractivity contribution in [1.29, 1.82) is 0 Å². The Labute approximate surface area is 257 Å². The average molecular weight is 660 g/mol. The number of nitro benzene ring substituents is 1. The van der Waals surface area contributed by atoms with Crippen LogP contribution in [0.2, 0.25) is 5.02 Å². The van der Waals surface area contributed by atoms with Crippen LogP contribution in [-0.4, -0.2) is 27.9 Å². The Morgan fingerprint density at radius 2 is 1.86 bits per heavy atom. The van der Waals surface area contributed by atoms with Crippen molar-refractivity contribution in [3.8, 4) is 23.1 Å². The molecule has 0 spiro atoms. The van der Waals surface area contributed by atoms with E-state index >= 15 is 0 Å². The highest BCUT2D eigenvalue weighted by molar-refractivity contribution is 9.10. The van der Waals surface area contributed by atoms with Gasteiger partial charge in [-0.2, -0.15) is 9.78 Å². The lowest BCUT2D eigenvalue weighted by molar-refractivity contribution is -0.384. The first-order valence-corrected chi connectivity index (χ1v) is 14.0. The van der Waals surface area contributed by atoms with Gasteiger partial charge in [-0.15, -0.1) is 0 Å². The van der Waals surface area contributed by atoms with Crippen molar-refractivity contribution in [3.63, 3.8) is 0 Å². The number of methoxy groups -OCH3 is 1. The molecule has 2 aromatic heterocycles. The van der Waals surface area contributed by atoms with Crippen molar-refractivity contribution in [3.05, 3.63) is 126 Å². The third-order valence-corrected chi connectivity index (χ3v) is 7.40. The lowest BCUT2D eigenvalue weighted by Crippen LogP contribution is -2.20. The number of benzene rings is 4. The third-order valence-electron chi connectivity index (χ3n) is 6.60. The molecule has 10 nitrogen and oxygen atoms in total. The molecule has 0 unspecified atom stereocenters. The SMILES string of the molecule is COc1cccc2oc(-c3nc4ccccc4c(=O)n3N=Cc3cc(Cl)cc(Br)c3OCc3ccc([N+](=O)[O-])cc3)cc12. The normalized spacial score (nSPS) is 11.4. The number of nitrogens with zero attached hydrogens (tertiary/aromatic N) is 4.